The van der Waals surface area contributed by atoms with Gasteiger partial charge in [-0.2, -0.15) is 0 Å². The van der Waals surface area contributed by atoms with Crippen LogP contribution in [-0.2, 0) is 4.79 Å². The summed E-state index contributed by atoms with van der Waals surface area (Å²) in [6.45, 7) is 2.01. The fourth-order valence-corrected chi connectivity index (χ4v) is 3.33. The Morgan fingerprint density at radius 1 is 1.40 bits per heavy atom. The summed E-state index contributed by atoms with van der Waals surface area (Å²) >= 11 is 3.52. The topological polar surface area (TPSA) is 55.1 Å². The Balaban J connectivity index is 0.00000200. The van der Waals surface area contributed by atoms with Crippen molar-refractivity contribution in [1.82, 2.24) is 5.32 Å². The molecule has 0 heterocycles. The van der Waals surface area contributed by atoms with Crippen LogP contribution in [0.25, 0.3) is 0 Å². The van der Waals surface area contributed by atoms with Gasteiger partial charge in [0.05, 0.1) is 6.04 Å². The van der Waals surface area contributed by atoms with Gasteiger partial charge in [-0.05, 0) is 37.8 Å². The van der Waals surface area contributed by atoms with Crippen molar-refractivity contribution in [2.45, 2.75) is 44.7 Å². The molecular weight excluding hydrogens is 340 g/mol. The summed E-state index contributed by atoms with van der Waals surface area (Å²) < 4.78 is 1.03. The molecule has 3 N–H and O–H groups in total. The molecule has 2 rings (SSSR count). The van der Waals surface area contributed by atoms with Gasteiger partial charge in [0, 0.05) is 16.4 Å². The lowest BCUT2D eigenvalue weighted by Crippen LogP contribution is -2.38. The van der Waals surface area contributed by atoms with Gasteiger partial charge in [-0.1, -0.05) is 40.5 Å². The third kappa shape index (κ3) is 4.47. The highest BCUT2D eigenvalue weighted by Gasteiger charge is 2.26. The minimum Gasteiger partial charge on any atom is -0.349 e. The summed E-state index contributed by atoms with van der Waals surface area (Å²) in [6, 6.07) is 8.18. The number of nitrogens with one attached hydrogen (secondary N) is 1. The summed E-state index contributed by atoms with van der Waals surface area (Å²) in [5, 5.41) is 3.10. The van der Waals surface area contributed by atoms with E-state index >= 15 is 0 Å². The van der Waals surface area contributed by atoms with Gasteiger partial charge >= 0.3 is 0 Å². The van der Waals surface area contributed by atoms with E-state index in [9.17, 15) is 4.79 Å². The Morgan fingerprint density at radius 2 is 2.10 bits per heavy atom. The average molecular weight is 362 g/mol. The first-order chi connectivity index (χ1) is 9.08. The van der Waals surface area contributed by atoms with Crippen molar-refractivity contribution in [2.24, 2.45) is 11.7 Å². The standard InChI is InChI=1S/C15H21BrN2O.ClH/c1-10(13-7-2-3-8-14(13)16)18-15(19)11-5-4-6-12(17)9-11;/h2-3,7-8,10-12H,4-6,9,17H2,1H3,(H,18,19);1H. The molecule has 1 aliphatic rings. The van der Waals surface area contributed by atoms with Gasteiger partial charge < -0.3 is 11.1 Å². The van der Waals surface area contributed by atoms with Gasteiger partial charge in [0.1, 0.15) is 0 Å². The number of halogens is 2. The van der Waals surface area contributed by atoms with E-state index in [2.05, 4.69) is 21.2 Å². The molecule has 1 fully saturated rings. The highest BCUT2D eigenvalue weighted by atomic mass is 79.9. The van der Waals surface area contributed by atoms with E-state index in [0.717, 1.165) is 35.7 Å². The Bertz CT molecular complexity index is 455. The fourth-order valence-electron chi connectivity index (χ4n) is 2.70. The van der Waals surface area contributed by atoms with Gasteiger partial charge in [0.25, 0.3) is 0 Å². The normalized spacial score (nSPS) is 23.6. The first kappa shape index (κ1) is 17.5. The summed E-state index contributed by atoms with van der Waals surface area (Å²) in [4.78, 5) is 12.3. The first-order valence-corrected chi connectivity index (χ1v) is 7.67. The maximum Gasteiger partial charge on any atom is 0.223 e. The second-order valence-electron chi connectivity index (χ2n) is 5.38. The quantitative estimate of drug-likeness (QED) is 0.865. The van der Waals surface area contributed by atoms with E-state index in [4.69, 9.17) is 5.73 Å². The van der Waals surface area contributed by atoms with Gasteiger partial charge in [-0.25, -0.2) is 0 Å². The lowest BCUT2D eigenvalue weighted by Gasteiger charge is -2.27. The van der Waals surface area contributed by atoms with Crippen molar-refractivity contribution >= 4 is 34.2 Å². The summed E-state index contributed by atoms with van der Waals surface area (Å²) in [5.41, 5.74) is 7.05. The molecule has 3 unspecified atom stereocenters. The molecule has 0 radical (unpaired) electrons. The third-order valence-electron chi connectivity index (χ3n) is 3.82. The zero-order valence-electron chi connectivity index (χ0n) is 11.6. The highest BCUT2D eigenvalue weighted by molar-refractivity contribution is 9.10. The van der Waals surface area contributed by atoms with Crippen molar-refractivity contribution in [2.75, 3.05) is 0 Å². The Kier molecular flexibility index (Phi) is 7.00. The number of carbonyl (C=O) groups excluding carboxylic acids is 1. The number of hydrogen-bond acceptors (Lipinski definition) is 2. The second kappa shape index (κ2) is 8.01. The molecule has 5 heteroatoms. The smallest absolute Gasteiger partial charge is 0.223 e. The molecule has 0 saturated heterocycles. The van der Waals surface area contributed by atoms with E-state index in [1.54, 1.807) is 0 Å². The van der Waals surface area contributed by atoms with Crippen LogP contribution in [0.3, 0.4) is 0 Å². The van der Waals surface area contributed by atoms with Crippen LogP contribution in [-0.4, -0.2) is 11.9 Å². The molecule has 1 amide bonds. The molecule has 0 aliphatic heterocycles. The second-order valence-corrected chi connectivity index (χ2v) is 6.23. The van der Waals surface area contributed by atoms with Crippen molar-refractivity contribution in [3.05, 3.63) is 34.3 Å². The van der Waals surface area contributed by atoms with Crippen molar-refractivity contribution in [3.8, 4) is 0 Å². The summed E-state index contributed by atoms with van der Waals surface area (Å²) in [5.74, 6) is 0.215. The van der Waals surface area contributed by atoms with Crippen molar-refractivity contribution in [1.29, 1.82) is 0 Å². The van der Waals surface area contributed by atoms with E-state index in [1.807, 2.05) is 31.2 Å². The first-order valence-electron chi connectivity index (χ1n) is 6.88. The van der Waals surface area contributed by atoms with Crippen LogP contribution in [0.15, 0.2) is 28.7 Å². The summed E-state index contributed by atoms with van der Waals surface area (Å²) in [7, 11) is 0. The third-order valence-corrected chi connectivity index (χ3v) is 4.54. The predicted molar refractivity (Wildman–Crippen MR) is 87.9 cm³/mol. The van der Waals surface area contributed by atoms with Crippen LogP contribution in [0.4, 0.5) is 0 Å². The van der Waals surface area contributed by atoms with Crippen LogP contribution in [0.5, 0.6) is 0 Å². The number of benzene rings is 1. The molecule has 1 saturated carbocycles. The van der Waals surface area contributed by atoms with Crippen LogP contribution in [0.2, 0.25) is 0 Å². The molecule has 0 aromatic heterocycles. The molecular formula is C15H22BrClN2O. The van der Waals surface area contributed by atoms with Crippen LogP contribution in [0.1, 0.15) is 44.2 Å². The molecule has 20 heavy (non-hydrogen) atoms. The van der Waals surface area contributed by atoms with E-state index in [-0.39, 0.29) is 36.3 Å². The van der Waals surface area contributed by atoms with Crippen LogP contribution in [0, 0.1) is 5.92 Å². The maximum absolute atomic E-state index is 12.3. The Labute approximate surface area is 135 Å². The fraction of sp³-hybridized carbons (Fsp3) is 0.533. The van der Waals surface area contributed by atoms with Crippen molar-refractivity contribution < 1.29 is 4.79 Å². The van der Waals surface area contributed by atoms with Gasteiger partial charge in [0.2, 0.25) is 5.91 Å². The molecule has 3 atom stereocenters. The number of carbonyl (C=O) groups is 1. The minimum atomic E-state index is 0. The van der Waals surface area contributed by atoms with Gasteiger partial charge in [0.15, 0.2) is 0 Å². The zero-order chi connectivity index (χ0) is 13.8. The van der Waals surface area contributed by atoms with E-state index in [1.165, 1.54) is 0 Å². The van der Waals surface area contributed by atoms with E-state index < -0.39 is 0 Å². The lowest BCUT2D eigenvalue weighted by atomic mass is 9.85. The molecule has 1 aliphatic carbocycles. The summed E-state index contributed by atoms with van der Waals surface area (Å²) in [6.07, 6.45) is 3.88. The zero-order valence-corrected chi connectivity index (χ0v) is 14.0. The number of nitrogens with two attached hydrogens (primary N) is 1. The molecule has 1 aromatic rings. The number of hydrogen-bond donors (Lipinski definition) is 2. The van der Waals surface area contributed by atoms with Crippen LogP contribution < -0.4 is 11.1 Å². The molecule has 0 bridgehead atoms. The number of rotatable bonds is 3. The largest absolute Gasteiger partial charge is 0.349 e. The monoisotopic (exact) mass is 360 g/mol. The molecule has 0 spiro atoms. The minimum absolute atomic E-state index is 0. The van der Waals surface area contributed by atoms with Gasteiger partial charge in [-0.3, -0.25) is 4.79 Å². The van der Waals surface area contributed by atoms with Crippen LogP contribution >= 0.6 is 28.3 Å². The maximum atomic E-state index is 12.3. The molecule has 3 nitrogen and oxygen atoms in total. The number of amides is 1. The molecule has 112 valence electrons. The lowest BCUT2D eigenvalue weighted by molar-refractivity contribution is -0.126. The Morgan fingerprint density at radius 3 is 2.75 bits per heavy atom. The molecule has 1 aromatic carbocycles. The predicted octanol–water partition coefficient (Wildman–Crippen LogP) is 3.57. The average Bonchev–Trinajstić information content (AvgIpc) is 2.39. The van der Waals surface area contributed by atoms with Gasteiger partial charge in [-0.15, -0.1) is 12.4 Å². The Hall–Kier alpha value is -0.580. The SMILES string of the molecule is CC(NC(=O)C1CCCC(N)C1)c1ccccc1Br.Cl. The van der Waals surface area contributed by atoms with E-state index in [0.29, 0.717) is 0 Å². The highest BCUT2D eigenvalue weighted by Crippen LogP contribution is 2.26. The van der Waals surface area contributed by atoms with Crippen molar-refractivity contribution in [3.63, 3.8) is 0 Å².